The van der Waals surface area contributed by atoms with Crippen LogP contribution in [-0.4, -0.2) is 14.5 Å². The number of nitro benzene ring substituents is 1. The summed E-state index contributed by atoms with van der Waals surface area (Å²) < 4.78 is 14.3. The van der Waals surface area contributed by atoms with Crippen molar-refractivity contribution in [3.8, 4) is 0 Å². The lowest BCUT2D eigenvalue weighted by Gasteiger charge is -2.06. The van der Waals surface area contributed by atoms with Crippen molar-refractivity contribution in [1.82, 2.24) is 9.55 Å². The maximum atomic E-state index is 12.9. The first-order valence-corrected chi connectivity index (χ1v) is 6.42. The Balaban J connectivity index is 2.03. The van der Waals surface area contributed by atoms with E-state index in [9.17, 15) is 19.3 Å². The third-order valence-electron chi connectivity index (χ3n) is 3.29. The first-order chi connectivity index (χ1) is 10.5. The lowest BCUT2D eigenvalue weighted by molar-refractivity contribution is -0.384. The van der Waals surface area contributed by atoms with E-state index in [2.05, 4.69) is 4.98 Å². The summed E-state index contributed by atoms with van der Waals surface area (Å²) in [5.74, 6) is -0.347. The highest BCUT2D eigenvalue weighted by molar-refractivity contribution is 5.79. The number of nitrogens with zero attached hydrogens (tertiary/aromatic N) is 3. The Morgan fingerprint density at radius 3 is 2.59 bits per heavy atom. The van der Waals surface area contributed by atoms with Gasteiger partial charge in [0.25, 0.3) is 11.2 Å². The van der Waals surface area contributed by atoms with Crippen molar-refractivity contribution in [3.63, 3.8) is 0 Å². The quantitative estimate of drug-likeness (QED) is 0.550. The number of fused-ring (bicyclic) bond motifs is 1. The van der Waals surface area contributed by atoms with Crippen LogP contribution in [-0.2, 0) is 6.54 Å². The third-order valence-corrected chi connectivity index (χ3v) is 3.29. The topological polar surface area (TPSA) is 78.0 Å². The molecular weight excluding hydrogens is 289 g/mol. The summed E-state index contributed by atoms with van der Waals surface area (Å²) in [4.78, 5) is 26.6. The molecule has 0 aliphatic rings. The van der Waals surface area contributed by atoms with Crippen molar-refractivity contribution in [2.24, 2.45) is 0 Å². The van der Waals surface area contributed by atoms with Crippen LogP contribution in [0.4, 0.5) is 10.1 Å². The van der Waals surface area contributed by atoms with Gasteiger partial charge in [-0.1, -0.05) is 12.1 Å². The Morgan fingerprint density at radius 2 is 1.91 bits per heavy atom. The molecule has 0 unspecified atom stereocenters. The molecule has 22 heavy (non-hydrogen) atoms. The molecule has 1 aromatic heterocycles. The van der Waals surface area contributed by atoms with Gasteiger partial charge in [-0.05, 0) is 23.8 Å². The van der Waals surface area contributed by atoms with Crippen LogP contribution in [0, 0.1) is 15.9 Å². The molecule has 0 aliphatic carbocycles. The molecule has 0 bridgehead atoms. The van der Waals surface area contributed by atoms with Crippen LogP contribution < -0.4 is 5.56 Å². The minimum absolute atomic E-state index is 0.115. The lowest BCUT2D eigenvalue weighted by atomic mass is 10.2. The lowest BCUT2D eigenvalue weighted by Crippen LogP contribution is -2.21. The molecule has 1 heterocycles. The van der Waals surface area contributed by atoms with Crippen LogP contribution in [0.3, 0.4) is 0 Å². The van der Waals surface area contributed by atoms with E-state index in [0.717, 1.165) is 5.56 Å². The Kier molecular flexibility index (Phi) is 3.38. The number of nitro groups is 1. The number of benzene rings is 2. The summed E-state index contributed by atoms with van der Waals surface area (Å²) >= 11 is 0. The summed E-state index contributed by atoms with van der Waals surface area (Å²) in [6, 6.07) is 9.73. The highest BCUT2D eigenvalue weighted by Crippen LogP contribution is 2.16. The Bertz CT molecular complexity index is 919. The van der Waals surface area contributed by atoms with Gasteiger partial charge in [-0.15, -0.1) is 0 Å². The average Bonchev–Trinajstić information content (AvgIpc) is 2.52. The monoisotopic (exact) mass is 299 g/mol. The largest absolute Gasteiger partial charge is 0.294 e. The molecule has 0 atom stereocenters. The Hall–Kier alpha value is -3.09. The van der Waals surface area contributed by atoms with E-state index < -0.39 is 4.92 Å². The summed E-state index contributed by atoms with van der Waals surface area (Å²) in [5, 5.41) is 11.0. The number of non-ortho nitro benzene ring substituents is 1. The van der Waals surface area contributed by atoms with Crippen molar-refractivity contribution in [2.45, 2.75) is 6.54 Å². The van der Waals surface area contributed by atoms with Crippen molar-refractivity contribution < 1.29 is 9.31 Å². The summed E-state index contributed by atoms with van der Waals surface area (Å²) in [6.07, 6.45) is 1.33. The fourth-order valence-corrected chi connectivity index (χ4v) is 2.16. The first-order valence-electron chi connectivity index (χ1n) is 6.42. The minimum atomic E-state index is -0.537. The molecule has 0 fully saturated rings. The van der Waals surface area contributed by atoms with Crippen LogP contribution in [0.25, 0.3) is 10.9 Å². The molecule has 0 spiro atoms. The number of hydrogen-bond acceptors (Lipinski definition) is 4. The van der Waals surface area contributed by atoms with Gasteiger partial charge in [0.2, 0.25) is 0 Å². The van der Waals surface area contributed by atoms with E-state index in [1.54, 1.807) is 12.1 Å². The molecule has 0 saturated heterocycles. The van der Waals surface area contributed by atoms with E-state index >= 15 is 0 Å². The van der Waals surface area contributed by atoms with Gasteiger partial charge in [0.15, 0.2) is 0 Å². The maximum absolute atomic E-state index is 12.9. The predicted octanol–water partition coefficient (Wildman–Crippen LogP) is 2.49. The molecule has 0 aliphatic heterocycles. The SMILES string of the molecule is O=c1c2ccc([N+](=O)[O-])cc2ncn1Cc1ccc(F)cc1. The molecular formula is C15H10FN3O3. The summed E-state index contributed by atoms with van der Waals surface area (Å²) in [6.45, 7) is 0.249. The van der Waals surface area contributed by atoms with Crippen molar-refractivity contribution in [3.05, 3.63) is 80.6 Å². The Labute approximate surface area is 123 Å². The van der Waals surface area contributed by atoms with E-state index in [4.69, 9.17) is 0 Å². The van der Waals surface area contributed by atoms with E-state index in [1.165, 1.54) is 41.2 Å². The van der Waals surface area contributed by atoms with Crippen LogP contribution in [0.5, 0.6) is 0 Å². The number of hydrogen-bond donors (Lipinski definition) is 0. The van der Waals surface area contributed by atoms with Gasteiger partial charge < -0.3 is 0 Å². The van der Waals surface area contributed by atoms with Crippen molar-refractivity contribution in [2.75, 3.05) is 0 Å². The normalized spacial score (nSPS) is 10.8. The minimum Gasteiger partial charge on any atom is -0.294 e. The molecule has 0 saturated carbocycles. The average molecular weight is 299 g/mol. The second-order valence-corrected chi connectivity index (χ2v) is 4.76. The van der Waals surface area contributed by atoms with E-state index in [0.29, 0.717) is 5.39 Å². The highest BCUT2D eigenvalue weighted by atomic mass is 19.1. The van der Waals surface area contributed by atoms with Gasteiger partial charge in [-0.25, -0.2) is 9.37 Å². The molecule has 2 aromatic carbocycles. The fraction of sp³-hybridized carbons (Fsp3) is 0.0667. The zero-order chi connectivity index (χ0) is 15.7. The van der Waals surface area contributed by atoms with Gasteiger partial charge in [-0.2, -0.15) is 0 Å². The smallest absolute Gasteiger partial charge is 0.271 e. The van der Waals surface area contributed by atoms with Gasteiger partial charge in [0.1, 0.15) is 5.82 Å². The van der Waals surface area contributed by atoms with Gasteiger partial charge >= 0.3 is 0 Å². The first kappa shape index (κ1) is 13.9. The van der Waals surface area contributed by atoms with Crippen LogP contribution >= 0.6 is 0 Å². The fourth-order valence-electron chi connectivity index (χ4n) is 2.16. The van der Waals surface area contributed by atoms with Crippen molar-refractivity contribution >= 4 is 16.6 Å². The molecule has 0 radical (unpaired) electrons. The molecule has 7 heteroatoms. The van der Waals surface area contributed by atoms with Gasteiger partial charge in [0, 0.05) is 12.1 Å². The molecule has 3 rings (SSSR count). The predicted molar refractivity (Wildman–Crippen MR) is 78.2 cm³/mol. The van der Waals surface area contributed by atoms with Crippen LogP contribution in [0.1, 0.15) is 5.56 Å². The number of rotatable bonds is 3. The molecule has 0 amide bonds. The van der Waals surface area contributed by atoms with Crippen LogP contribution in [0.2, 0.25) is 0 Å². The van der Waals surface area contributed by atoms with Crippen LogP contribution in [0.15, 0.2) is 53.6 Å². The number of halogens is 1. The number of aromatic nitrogens is 2. The second kappa shape index (κ2) is 5.36. The van der Waals surface area contributed by atoms with Gasteiger partial charge in [0.05, 0.1) is 28.7 Å². The summed E-state index contributed by atoms with van der Waals surface area (Å²) in [5.41, 5.74) is 0.612. The third kappa shape index (κ3) is 2.56. The zero-order valence-electron chi connectivity index (χ0n) is 11.3. The van der Waals surface area contributed by atoms with Gasteiger partial charge in [-0.3, -0.25) is 19.5 Å². The van der Waals surface area contributed by atoms with Crippen molar-refractivity contribution in [1.29, 1.82) is 0 Å². The highest BCUT2D eigenvalue weighted by Gasteiger charge is 2.10. The van der Waals surface area contributed by atoms with E-state index in [-0.39, 0.29) is 29.1 Å². The maximum Gasteiger partial charge on any atom is 0.271 e. The standard InChI is InChI=1S/C15H10FN3O3/c16-11-3-1-10(2-4-11)8-18-9-17-14-7-12(19(21)22)5-6-13(14)15(18)20/h1-7,9H,8H2. The Morgan fingerprint density at radius 1 is 1.18 bits per heavy atom. The zero-order valence-corrected chi connectivity index (χ0v) is 11.3. The molecule has 0 N–H and O–H groups in total. The second-order valence-electron chi connectivity index (χ2n) is 4.76. The molecule has 3 aromatic rings. The molecule has 6 nitrogen and oxygen atoms in total. The molecule has 110 valence electrons. The van der Waals surface area contributed by atoms with E-state index in [1.807, 2.05) is 0 Å². The summed E-state index contributed by atoms with van der Waals surface area (Å²) in [7, 11) is 0.